The van der Waals surface area contributed by atoms with Crippen molar-refractivity contribution in [3.05, 3.63) is 0 Å². The predicted molar refractivity (Wildman–Crippen MR) is 39.7 cm³/mol. The fourth-order valence-corrected chi connectivity index (χ4v) is 0.664. The molecule has 0 saturated heterocycles. The molecule has 4 heteroatoms. The van der Waals surface area contributed by atoms with Gasteiger partial charge in [-0.1, -0.05) is 0 Å². The zero-order valence-corrected chi connectivity index (χ0v) is 6.95. The Balaban J connectivity index is 4.02. The molecule has 0 aromatic rings. The van der Waals surface area contributed by atoms with Gasteiger partial charge in [-0.15, -0.1) is 11.6 Å². The molecule has 54 valence electrons. The Hall–Kier alpha value is 0.210. The quantitative estimate of drug-likeness (QED) is 0.365. The number of aliphatic hydroxyl groups excluding tert-OH is 1. The van der Waals surface area contributed by atoms with Gasteiger partial charge in [0.05, 0.1) is 5.88 Å². The van der Waals surface area contributed by atoms with Crippen LogP contribution in [0.4, 0.5) is 0 Å². The molecule has 1 N–H and O–H groups in total. The monoisotopic (exact) mass is 170 g/mol. The van der Waals surface area contributed by atoms with Gasteiger partial charge in [-0.05, 0) is 11.6 Å². The fourth-order valence-electron chi connectivity index (χ4n) is 0.362. The van der Waals surface area contributed by atoms with Gasteiger partial charge in [0, 0.05) is 0 Å². The SMILES string of the molecule is C[N+](C)=C(Cl)C(O)CCl. The number of hydrogen-bond acceptors (Lipinski definition) is 1. The third kappa shape index (κ3) is 3.04. The molecular weight excluding hydrogens is 161 g/mol. The molecule has 0 bridgehead atoms. The van der Waals surface area contributed by atoms with Gasteiger partial charge in [0.15, 0.2) is 6.10 Å². The number of hydrogen-bond donors (Lipinski definition) is 1. The molecule has 0 aromatic heterocycles. The van der Waals surface area contributed by atoms with Crippen molar-refractivity contribution in [2.75, 3.05) is 20.0 Å². The van der Waals surface area contributed by atoms with Crippen LogP contribution < -0.4 is 0 Å². The van der Waals surface area contributed by atoms with Crippen molar-refractivity contribution in [2.24, 2.45) is 0 Å². The normalized spacial score (nSPS) is 13.0. The first-order valence-electron chi connectivity index (χ1n) is 2.53. The minimum Gasteiger partial charge on any atom is -0.380 e. The highest BCUT2D eigenvalue weighted by atomic mass is 35.5. The topological polar surface area (TPSA) is 23.2 Å². The van der Waals surface area contributed by atoms with E-state index in [0.717, 1.165) is 0 Å². The van der Waals surface area contributed by atoms with Crippen molar-refractivity contribution >= 4 is 28.4 Å². The van der Waals surface area contributed by atoms with E-state index in [0.29, 0.717) is 5.17 Å². The summed E-state index contributed by atoms with van der Waals surface area (Å²) in [4.78, 5) is 0. The summed E-state index contributed by atoms with van der Waals surface area (Å²) < 4.78 is 1.62. The third-order valence-electron chi connectivity index (χ3n) is 0.848. The second-order valence-electron chi connectivity index (χ2n) is 1.89. The standard InChI is InChI=1S/C5H10Cl2NO/c1-8(2)5(7)4(9)3-6/h4,9H,3H2,1-2H3/q+1. The summed E-state index contributed by atoms with van der Waals surface area (Å²) in [5, 5.41) is 9.32. The molecule has 0 heterocycles. The molecule has 0 aromatic carbocycles. The van der Waals surface area contributed by atoms with Crippen molar-refractivity contribution < 1.29 is 9.68 Å². The van der Waals surface area contributed by atoms with Gasteiger partial charge in [0.2, 0.25) is 0 Å². The maximum atomic E-state index is 8.95. The number of rotatable bonds is 2. The lowest BCUT2D eigenvalue weighted by Gasteiger charge is -1.99. The van der Waals surface area contributed by atoms with Crippen molar-refractivity contribution in [3.8, 4) is 0 Å². The first kappa shape index (κ1) is 9.21. The van der Waals surface area contributed by atoms with Gasteiger partial charge in [0.1, 0.15) is 14.1 Å². The number of aliphatic hydroxyl groups is 1. The van der Waals surface area contributed by atoms with E-state index >= 15 is 0 Å². The zero-order chi connectivity index (χ0) is 7.44. The van der Waals surface area contributed by atoms with Crippen LogP contribution >= 0.6 is 23.2 Å². The van der Waals surface area contributed by atoms with Gasteiger partial charge in [-0.2, -0.15) is 0 Å². The first-order chi connectivity index (χ1) is 4.09. The Morgan fingerprint density at radius 1 is 1.67 bits per heavy atom. The van der Waals surface area contributed by atoms with Gasteiger partial charge in [0.25, 0.3) is 5.17 Å². The van der Waals surface area contributed by atoms with Crippen LogP contribution in [0.25, 0.3) is 0 Å². The number of halogens is 2. The summed E-state index contributed by atoms with van der Waals surface area (Å²) >= 11 is 10.9. The lowest BCUT2D eigenvalue weighted by Crippen LogP contribution is -2.24. The van der Waals surface area contributed by atoms with Crippen molar-refractivity contribution in [1.29, 1.82) is 0 Å². The molecular formula is C5H10Cl2NO+. The highest BCUT2D eigenvalue weighted by molar-refractivity contribution is 6.65. The maximum absolute atomic E-state index is 8.95. The van der Waals surface area contributed by atoms with E-state index < -0.39 is 6.10 Å². The first-order valence-corrected chi connectivity index (χ1v) is 3.44. The van der Waals surface area contributed by atoms with Crippen LogP contribution in [0, 0.1) is 0 Å². The average molecular weight is 171 g/mol. The number of alkyl halides is 1. The van der Waals surface area contributed by atoms with Crippen LogP contribution in [0.2, 0.25) is 0 Å². The second-order valence-corrected chi connectivity index (χ2v) is 2.58. The van der Waals surface area contributed by atoms with Gasteiger partial charge in [-0.25, -0.2) is 4.58 Å². The molecule has 0 aliphatic heterocycles. The molecule has 9 heavy (non-hydrogen) atoms. The van der Waals surface area contributed by atoms with E-state index in [1.165, 1.54) is 0 Å². The van der Waals surface area contributed by atoms with Crippen LogP contribution in [0.1, 0.15) is 0 Å². The molecule has 0 aliphatic rings. The van der Waals surface area contributed by atoms with Crippen LogP contribution in [0.5, 0.6) is 0 Å². The van der Waals surface area contributed by atoms with Gasteiger partial charge in [-0.3, -0.25) is 0 Å². The zero-order valence-electron chi connectivity index (χ0n) is 5.43. The van der Waals surface area contributed by atoms with E-state index in [-0.39, 0.29) is 5.88 Å². The van der Waals surface area contributed by atoms with Crippen molar-refractivity contribution in [1.82, 2.24) is 0 Å². The van der Waals surface area contributed by atoms with Crippen LogP contribution in [0.3, 0.4) is 0 Å². The Morgan fingerprint density at radius 3 is 2.22 bits per heavy atom. The molecule has 2 nitrogen and oxygen atoms in total. The molecule has 0 spiro atoms. The molecule has 1 atom stereocenters. The summed E-state index contributed by atoms with van der Waals surface area (Å²) in [7, 11) is 3.50. The maximum Gasteiger partial charge on any atom is 0.274 e. The Morgan fingerprint density at radius 2 is 2.11 bits per heavy atom. The molecule has 0 amide bonds. The van der Waals surface area contributed by atoms with Gasteiger partial charge < -0.3 is 5.11 Å². The molecule has 0 radical (unpaired) electrons. The number of nitrogens with zero attached hydrogens (tertiary/aromatic N) is 1. The van der Waals surface area contributed by atoms with Crippen LogP contribution in [-0.2, 0) is 0 Å². The van der Waals surface area contributed by atoms with Crippen molar-refractivity contribution in [3.63, 3.8) is 0 Å². The fraction of sp³-hybridized carbons (Fsp3) is 0.800. The predicted octanol–water partition coefficient (Wildman–Crippen LogP) is 0.495. The summed E-state index contributed by atoms with van der Waals surface area (Å²) in [6.45, 7) is 0. The van der Waals surface area contributed by atoms with Crippen molar-refractivity contribution in [2.45, 2.75) is 6.10 Å². The van der Waals surface area contributed by atoms with Crippen LogP contribution in [0.15, 0.2) is 0 Å². The van der Waals surface area contributed by atoms with Gasteiger partial charge >= 0.3 is 0 Å². The van der Waals surface area contributed by atoms with Crippen LogP contribution in [-0.4, -0.2) is 40.9 Å². The van der Waals surface area contributed by atoms with E-state index in [4.69, 9.17) is 28.3 Å². The molecule has 0 aliphatic carbocycles. The van der Waals surface area contributed by atoms with E-state index in [9.17, 15) is 0 Å². The highest BCUT2D eigenvalue weighted by Gasteiger charge is 2.14. The summed E-state index contributed by atoms with van der Waals surface area (Å²) in [5.74, 6) is 0.136. The summed E-state index contributed by atoms with van der Waals surface area (Å²) in [5.41, 5.74) is 0. The highest BCUT2D eigenvalue weighted by Crippen LogP contribution is 1.95. The van der Waals surface area contributed by atoms with E-state index in [1.54, 1.807) is 18.7 Å². The third-order valence-corrected chi connectivity index (χ3v) is 1.73. The smallest absolute Gasteiger partial charge is 0.274 e. The minimum atomic E-state index is -0.733. The van der Waals surface area contributed by atoms with E-state index in [1.807, 2.05) is 0 Å². The Kier molecular flexibility index (Phi) is 4.19. The molecule has 0 rings (SSSR count). The molecule has 0 saturated carbocycles. The summed E-state index contributed by atoms with van der Waals surface area (Å²) in [6, 6.07) is 0. The lowest BCUT2D eigenvalue weighted by molar-refractivity contribution is -0.464. The summed E-state index contributed by atoms with van der Waals surface area (Å²) in [6.07, 6.45) is -0.733. The average Bonchev–Trinajstić information content (AvgIpc) is 1.84. The largest absolute Gasteiger partial charge is 0.380 e. The second kappa shape index (κ2) is 4.09. The Bertz CT molecular complexity index is 120. The lowest BCUT2D eigenvalue weighted by atomic mass is 10.4. The minimum absolute atomic E-state index is 0.136. The van der Waals surface area contributed by atoms with E-state index in [2.05, 4.69) is 0 Å². The molecule has 1 unspecified atom stereocenters. The molecule has 0 fully saturated rings. The Labute approximate surface area is 64.7 Å².